The molecule has 0 saturated heterocycles. The number of Topliss-reactive ketones (excluding diaryl/α,β-unsaturated/α-hetero) is 1. The molecular weight excluding hydrogens is 279 g/mol. The predicted octanol–water partition coefficient (Wildman–Crippen LogP) is 2.64. The number of hydrogen-bond donors (Lipinski definition) is 0. The molecule has 0 bridgehead atoms. The van der Waals surface area contributed by atoms with Crippen LogP contribution < -0.4 is 0 Å². The first kappa shape index (κ1) is 12.8. The molecule has 0 N–H and O–H groups in total. The normalized spacial score (nSPS) is 10.0. The molecule has 0 aromatic heterocycles. The van der Waals surface area contributed by atoms with E-state index < -0.39 is 17.6 Å². The molecule has 16 heavy (non-hydrogen) atoms. The Morgan fingerprint density at radius 3 is 2.56 bits per heavy atom. The summed E-state index contributed by atoms with van der Waals surface area (Å²) in [6.07, 6.45) is 0. The van der Waals surface area contributed by atoms with Gasteiger partial charge in [0.05, 0.1) is 6.61 Å². The molecule has 0 atom stereocenters. The minimum atomic E-state index is -0.974. The highest BCUT2D eigenvalue weighted by molar-refractivity contribution is 9.10. The molecule has 0 saturated carbocycles. The fourth-order valence-electron chi connectivity index (χ4n) is 1.09. The molecule has 0 fully saturated rings. The van der Waals surface area contributed by atoms with Crippen LogP contribution in [-0.4, -0.2) is 18.4 Å². The van der Waals surface area contributed by atoms with Gasteiger partial charge in [-0.05, 0) is 31.5 Å². The van der Waals surface area contributed by atoms with E-state index in [4.69, 9.17) is 0 Å². The van der Waals surface area contributed by atoms with Gasteiger partial charge in [0.1, 0.15) is 5.82 Å². The van der Waals surface area contributed by atoms with Crippen molar-refractivity contribution in [1.29, 1.82) is 0 Å². The van der Waals surface area contributed by atoms with Crippen LogP contribution in [-0.2, 0) is 9.53 Å². The van der Waals surface area contributed by atoms with Gasteiger partial charge in [-0.2, -0.15) is 0 Å². The van der Waals surface area contributed by atoms with Crippen molar-refractivity contribution < 1.29 is 18.7 Å². The van der Waals surface area contributed by atoms with Crippen molar-refractivity contribution in [2.75, 3.05) is 6.61 Å². The van der Waals surface area contributed by atoms with Gasteiger partial charge >= 0.3 is 5.97 Å². The van der Waals surface area contributed by atoms with E-state index in [0.29, 0.717) is 10.0 Å². The summed E-state index contributed by atoms with van der Waals surface area (Å²) in [4.78, 5) is 22.6. The summed E-state index contributed by atoms with van der Waals surface area (Å²) in [6.45, 7) is 3.27. The van der Waals surface area contributed by atoms with Crippen LogP contribution in [0.25, 0.3) is 0 Å². The van der Waals surface area contributed by atoms with E-state index >= 15 is 0 Å². The molecule has 0 amide bonds. The van der Waals surface area contributed by atoms with E-state index in [1.54, 1.807) is 13.8 Å². The van der Waals surface area contributed by atoms with Crippen molar-refractivity contribution in [1.82, 2.24) is 0 Å². The third-order valence-corrected chi connectivity index (χ3v) is 2.83. The topological polar surface area (TPSA) is 43.4 Å². The molecular formula is C11H10BrFO3. The van der Waals surface area contributed by atoms with Gasteiger partial charge in [-0.25, -0.2) is 9.18 Å². The fraction of sp³-hybridized carbons (Fsp3) is 0.273. The van der Waals surface area contributed by atoms with Crippen LogP contribution in [0, 0.1) is 12.7 Å². The molecule has 0 radical (unpaired) electrons. The number of carbonyl (C=O) groups excluding carboxylic acids is 2. The third-order valence-electron chi connectivity index (χ3n) is 2.00. The van der Waals surface area contributed by atoms with E-state index in [9.17, 15) is 14.0 Å². The zero-order valence-electron chi connectivity index (χ0n) is 8.84. The summed E-state index contributed by atoms with van der Waals surface area (Å²) in [5, 5.41) is 0. The highest BCUT2D eigenvalue weighted by Gasteiger charge is 2.19. The first-order valence-electron chi connectivity index (χ1n) is 4.64. The van der Waals surface area contributed by atoms with E-state index in [1.165, 1.54) is 6.07 Å². The number of esters is 1. The second kappa shape index (κ2) is 5.21. The number of carbonyl (C=O) groups is 2. The smallest absolute Gasteiger partial charge is 0.379 e. The van der Waals surface area contributed by atoms with Gasteiger partial charge in [-0.3, -0.25) is 4.79 Å². The Morgan fingerprint density at radius 1 is 1.44 bits per heavy atom. The van der Waals surface area contributed by atoms with Gasteiger partial charge in [-0.15, -0.1) is 0 Å². The van der Waals surface area contributed by atoms with Crippen LogP contribution in [0.1, 0.15) is 22.8 Å². The lowest BCUT2D eigenvalue weighted by atomic mass is 10.1. The molecule has 0 heterocycles. The minimum Gasteiger partial charge on any atom is -0.460 e. The van der Waals surface area contributed by atoms with Crippen LogP contribution in [0.3, 0.4) is 0 Å². The molecule has 0 spiro atoms. The summed E-state index contributed by atoms with van der Waals surface area (Å²) in [5.74, 6) is -2.36. The maximum absolute atomic E-state index is 13.3. The maximum Gasteiger partial charge on any atom is 0.379 e. The van der Waals surface area contributed by atoms with E-state index in [1.807, 2.05) is 0 Å². The number of hydrogen-bond acceptors (Lipinski definition) is 3. The van der Waals surface area contributed by atoms with Crippen LogP contribution in [0.2, 0.25) is 0 Å². The van der Waals surface area contributed by atoms with Gasteiger partial charge in [0.25, 0.3) is 5.78 Å². The molecule has 86 valence electrons. The zero-order chi connectivity index (χ0) is 12.3. The maximum atomic E-state index is 13.3. The second-order valence-corrected chi connectivity index (χ2v) is 3.97. The van der Waals surface area contributed by atoms with Crippen molar-refractivity contribution in [2.45, 2.75) is 13.8 Å². The average molecular weight is 289 g/mol. The van der Waals surface area contributed by atoms with Crippen molar-refractivity contribution >= 4 is 27.7 Å². The Morgan fingerprint density at radius 2 is 2.06 bits per heavy atom. The standard InChI is InChI=1S/C11H10BrFO3/c1-3-16-11(15)10(14)7-4-8(12)6(2)9(13)5-7/h4-5H,3H2,1-2H3. The summed E-state index contributed by atoms with van der Waals surface area (Å²) >= 11 is 3.11. The van der Waals surface area contributed by atoms with E-state index in [2.05, 4.69) is 20.7 Å². The van der Waals surface area contributed by atoms with Crippen LogP contribution in [0.5, 0.6) is 0 Å². The highest BCUT2D eigenvalue weighted by Crippen LogP contribution is 2.21. The Hall–Kier alpha value is -1.23. The molecule has 0 aliphatic rings. The predicted molar refractivity (Wildman–Crippen MR) is 59.8 cm³/mol. The van der Waals surface area contributed by atoms with Gasteiger partial charge in [0.15, 0.2) is 0 Å². The van der Waals surface area contributed by atoms with Crippen LogP contribution in [0.4, 0.5) is 4.39 Å². The van der Waals surface area contributed by atoms with Gasteiger partial charge in [0.2, 0.25) is 0 Å². The lowest BCUT2D eigenvalue weighted by Crippen LogP contribution is -2.17. The Bertz CT molecular complexity index is 420. The largest absolute Gasteiger partial charge is 0.460 e. The SMILES string of the molecule is CCOC(=O)C(=O)c1cc(F)c(C)c(Br)c1. The first-order valence-corrected chi connectivity index (χ1v) is 5.43. The molecule has 1 rings (SSSR count). The number of ketones is 1. The molecule has 1 aromatic rings. The molecule has 1 aromatic carbocycles. The van der Waals surface area contributed by atoms with Crippen molar-refractivity contribution in [3.8, 4) is 0 Å². The van der Waals surface area contributed by atoms with Crippen LogP contribution in [0.15, 0.2) is 16.6 Å². The number of halogens is 2. The Balaban J connectivity index is 3.06. The summed E-state index contributed by atoms with van der Waals surface area (Å²) in [6, 6.07) is 2.43. The monoisotopic (exact) mass is 288 g/mol. The number of ether oxygens (including phenoxy) is 1. The molecule has 0 unspecified atom stereocenters. The van der Waals surface area contributed by atoms with Gasteiger partial charge in [-0.1, -0.05) is 15.9 Å². The third kappa shape index (κ3) is 2.66. The molecule has 3 nitrogen and oxygen atoms in total. The zero-order valence-corrected chi connectivity index (χ0v) is 10.4. The molecule has 5 heteroatoms. The highest BCUT2D eigenvalue weighted by atomic mass is 79.9. The van der Waals surface area contributed by atoms with E-state index in [-0.39, 0.29) is 12.2 Å². The minimum absolute atomic E-state index is 0.0200. The number of rotatable bonds is 3. The van der Waals surface area contributed by atoms with Crippen molar-refractivity contribution in [3.05, 3.63) is 33.5 Å². The Labute approximate surface area is 101 Å². The fourth-order valence-corrected chi connectivity index (χ4v) is 1.53. The van der Waals surface area contributed by atoms with Gasteiger partial charge in [0, 0.05) is 10.0 Å². The molecule has 0 aliphatic carbocycles. The van der Waals surface area contributed by atoms with Gasteiger partial charge < -0.3 is 4.74 Å². The molecule has 0 aliphatic heterocycles. The van der Waals surface area contributed by atoms with Crippen molar-refractivity contribution in [3.63, 3.8) is 0 Å². The second-order valence-electron chi connectivity index (χ2n) is 3.11. The quantitative estimate of drug-likeness (QED) is 0.488. The van der Waals surface area contributed by atoms with Crippen LogP contribution >= 0.6 is 15.9 Å². The summed E-state index contributed by atoms with van der Waals surface area (Å²) in [5.41, 5.74) is 0.369. The lowest BCUT2D eigenvalue weighted by Gasteiger charge is -2.04. The van der Waals surface area contributed by atoms with Crippen molar-refractivity contribution in [2.24, 2.45) is 0 Å². The first-order chi connectivity index (χ1) is 7.47. The number of benzene rings is 1. The average Bonchev–Trinajstić information content (AvgIpc) is 2.24. The lowest BCUT2D eigenvalue weighted by molar-refractivity contribution is -0.137. The summed E-state index contributed by atoms with van der Waals surface area (Å²) in [7, 11) is 0. The summed E-state index contributed by atoms with van der Waals surface area (Å²) < 4.78 is 18.3. The Kier molecular flexibility index (Phi) is 4.18. The van der Waals surface area contributed by atoms with E-state index in [0.717, 1.165) is 6.07 Å².